The number of thiazole rings is 1. The monoisotopic (exact) mass is 337 g/mol. The summed E-state index contributed by atoms with van der Waals surface area (Å²) in [7, 11) is 0. The molecule has 9 heteroatoms. The fourth-order valence-electron chi connectivity index (χ4n) is 2.80. The highest BCUT2D eigenvalue weighted by atomic mass is 32.1. The molecular formula is C15H11N7OS. The molecule has 118 valence electrons. The highest BCUT2D eigenvalue weighted by Crippen LogP contribution is 2.30. The average Bonchev–Trinajstić information content (AvgIpc) is 3.29. The lowest BCUT2D eigenvalue weighted by Gasteiger charge is -1.93. The molecule has 24 heavy (non-hydrogen) atoms. The van der Waals surface area contributed by atoms with Gasteiger partial charge in [-0.25, -0.2) is 15.0 Å². The zero-order valence-electron chi connectivity index (χ0n) is 12.8. The van der Waals surface area contributed by atoms with Crippen LogP contribution in [0.15, 0.2) is 29.4 Å². The van der Waals surface area contributed by atoms with E-state index < -0.39 is 0 Å². The van der Waals surface area contributed by atoms with Gasteiger partial charge >= 0.3 is 0 Å². The Morgan fingerprint density at radius 3 is 3.08 bits per heavy atom. The van der Waals surface area contributed by atoms with E-state index in [1.807, 2.05) is 24.4 Å². The summed E-state index contributed by atoms with van der Waals surface area (Å²) < 4.78 is 7.48. The smallest absolute Gasteiger partial charge is 0.260 e. The number of fused-ring (bicyclic) bond motifs is 2. The van der Waals surface area contributed by atoms with Crippen molar-refractivity contribution in [3.8, 4) is 23.0 Å². The number of nitrogens with one attached hydrogen (secondary N) is 1. The molecule has 5 aromatic rings. The van der Waals surface area contributed by atoms with Gasteiger partial charge in [0.05, 0.1) is 11.3 Å². The summed E-state index contributed by atoms with van der Waals surface area (Å²) >= 11 is 1.63. The lowest BCUT2D eigenvalue weighted by atomic mass is 10.2. The normalized spacial score (nSPS) is 11.8. The van der Waals surface area contributed by atoms with Gasteiger partial charge in [-0.05, 0) is 13.8 Å². The van der Waals surface area contributed by atoms with Gasteiger partial charge in [0.1, 0.15) is 17.7 Å². The van der Waals surface area contributed by atoms with Crippen LogP contribution in [0.25, 0.3) is 39.0 Å². The molecule has 0 spiro atoms. The minimum absolute atomic E-state index is 0.423. The number of imidazole rings is 1. The topological polar surface area (TPSA) is 97.8 Å². The van der Waals surface area contributed by atoms with Gasteiger partial charge in [0.2, 0.25) is 5.82 Å². The largest absolute Gasteiger partial charge is 0.345 e. The Hall–Kier alpha value is -3.07. The first-order valence-electron chi connectivity index (χ1n) is 7.27. The molecule has 0 fully saturated rings. The third-order valence-corrected chi connectivity index (χ3v) is 4.74. The number of aromatic amines is 1. The van der Waals surface area contributed by atoms with Gasteiger partial charge in [-0.15, -0.1) is 11.3 Å². The van der Waals surface area contributed by atoms with Crippen LogP contribution in [0, 0.1) is 13.8 Å². The van der Waals surface area contributed by atoms with Gasteiger partial charge in [-0.1, -0.05) is 5.16 Å². The Balaban J connectivity index is 1.68. The second kappa shape index (κ2) is 4.71. The minimum atomic E-state index is 0.423. The molecule has 5 rings (SSSR count). The number of aromatic nitrogens is 7. The first-order chi connectivity index (χ1) is 11.7. The van der Waals surface area contributed by atoms with Gasteiger partial charge in [0.25, 0.3) is 5.89 Å². The molecule has 0 unspecified atom stereocenters. The van der Waals surface area contributed by atoms with E-state index >= 15 is 0 Å². The summed E-state index contributed by atoms with van der Waals surface area (Å²) in [6.07, 6.45) is 7.05. The van der Waals surface area contributed by atoms with Crippen molar-refractivity contribution in [3.63, 3.8) is 0 Å². The van der Waals surface area contributed by atoms with E-state index in [9.17, 15) is 0 Å². The highest BCUT2D eigenvalue weighted by molar-refractivity contribution is 7.17. The molecule has 0 radical (unpaired) electrons. The van der Waals surface area contributed by atoms with E-state index in [0.717, 1.165) is 32.9 Å². The van der Waals surface area contributed by atoms with Crippen LogP contribution in [0.1, 0.15) is 10.6 Å². The SMILES string of the molecule is Cc1cn2c(-c3noc(-c4c[nH]c5ncncc45)n3)c(C)nc2s1. The standard InChI is InChI=1S/C15H11N7OS/c1-7-5-22-11(8(2)19-15(22)24-7)13-20-14(23-21-13)10-4-17-12-9(10)3-16-6-18-12/h3-6H,1-2H3,(H,16,17,18). The van der Waals surface area contributed by atoms with Crippen LogP contribution in [-0.2, 0) is 0 Å². The molecule has 0 saturated heterocycles. The van der Waals surface area contributed by atoms with Gasteiger partial charge in [-0.2, -0.15) is 4.98 Å². The summed E-state index contributed by atoms with van der Waals surface area (Å²) in [6, 6.07) is 0. The third-order valence-electron chi connectivity index (χ3n) is 3.84. The summed E-state index contributed by atoms with van der Waals surface area (Å²) in [4.78, 5) is 22.5. The Morgan fingerprint density at radius 1 is 1.25 bits per heavy atom. The molecule has 0 amide bonds. The Morgan fingerprint density at radius 2 is 2.17 bits per heavy atom. The van der Waals surface area contributed by atoms with E-state index in [1.165, 1.54) is 11.2 Å². The van der Waals surface area contributed by atoms with Gasteiger partial charge in [0, 0.05) is 28.9 Å². The third kappa shape index (κ3) is 1.81. The van der Waals surface area contributed by atoms with Crippen LogP contribution in [0.5, 0.6) is 0 Å². The Kier molecular flexibility index (Phi) is 2.63. The van der Waals surface area contributed by atoms with Crippen LogP contribution in [0.3, 0.4) is 0 Å². The van der Waals surface area contributed by atoms with Crippen molar-refractivity contribution >= 4 is 27.3 Å². The van der Waals surface area contributed by atoms with E-state index in [1.54, 1.807) is 23.7 Å². The Bertz CT molecular complexity index is 1200. The van der Waals surface area contributed by atoms with E-state index in [4.69, 9.17) is 4.52 Å². The molecule has 0 atom stereocenters. The number of rotatable bonds is 2. The Labute approximate surface area is 139 Å². The predicted octanol–water partition coefficient (Wildman–Crippen LogP) is 3.00. The summed E-state index contributed by atoms with van der Waals surface area (Å²) in [6.45, 7) is 3.99. The van der Waals surface area contributed by atoms with E-state index in [2.05, 4.69) is 30.1 Å². The minimum Gasteiger partial charge on any atom is -0.345 e. The van der Waals surface area contributed by atoms with Crippen LogP contribution < -0.4 is 0 Å². The molecular weight excluding hydrogens is 326 g/mol. The second-order valence-electron chi connectivity index (χ2n) is 5.45. The molecule has 0 aliphatic carbocycles. The fraction of sp³-hybridized carbons (Fsp3) is 0.133. The maximum atomic E-state index is 5.48. The van der Waals surface area contributed by atoms with Gasteiger partial charge in [0.15, 0.2) is 4.96 Å². The fourth-order valence-corrected chi connectivity index (χ4v) is 3.67. The van der Waals surface area contributed by atoms with Crippen molar-refractivity contribution in [3.05, 3.63) is 35.5 Å². The quantitative estimate of drug-likeness (QED) is 0.532. The summed E-state index contributed by atoms with van der Waals surface area (Å²) in [5.41, 5.74) is 3.23. The van der Waals surface area contributed by atoms with Gasteiger partial charge < -0.3 is 9.51 Å². The number of nitrogens with zero attached hydrogens (tertiary/aromatic N) is 6. The molecule has 5 aromatic heterocycles. The number of hydrogen-bond donors (Lipinski definition) is 1. The number of H-pyrrole nitrogens is 1. The predicted molar refractivity (Wildman–Crippen MR) is 88.7 cm³/mol. The molecule has 5 heterocycles. The van der Waals surface area contributed by atoms with Crippen molar-refractivity contribution < 1.29 is 4.52 Å². The van der Waals surface area contributed by atoms with Crippen molar-refractivity contribution in [2.75, 3.05) is 0 Å². The molecule has 0 aromatic carbocycles. The highest BCUT2D eigenvalue weighted by Gasteiger charge is 2.20. The summed E-state index contributed by atoms with van der Waals surface area (Å²) in [5, 5.41) is 4.99. The first-order valence-corrected chi connectivity index (χ1v) is 8.09. The molecule has 0 aliphatic rings. The van der Waals surface area contributed by atoms with Crippen molar-refractivity contribution in [1.82, 2.24) is 34.5 Å². The molecule has 0 saturated carbocycles. The van der Waals surface area contributed by atoms with Crippen LogP contribution in [0.4, 0.5) is 0 Å². The lowest BCUT2D eigenvalue weighted by molar-refractivity contribution is 0.432. The zero-order chi connectivity index (χ0) is 16.3. The maximum absolute atomic E-state index is 5.48. The molecule has 0 aliphatic heterocycles. The maximum Gasteiger partial charge on any atom is 0.260 e. The molecule has 8 nitrogen and oxygen atoms in total. The van der Waals surface area contributed by atoms with Crippen molar-refractivity contribution in [2.24, 2.45) is 0 Å². The van der Waals surface area contributed by atoms with Crippen LogP contribution in [-0.4, -0.2) is 34.5 Å². The summed E-state index contributed by atoms with van der Waals surface area (Å²) in [5.74, 6) is 0.936. The molecule has 0 bridgehead atoms. The van der Waals surface area contributed by atoms with Crippen LogP contribution in [0.2, 0.25) is 0 Å². The lowest BCUT2D eigenvalue weighted by Crippen LogP contribution is -1.89. The zero-order valence-corrected chi connectivity index (χ0v) is 13.6. The van der Waals surface area contributed by atoms with Gasteiger partial charge in [-0.3, -0.25) is 4.40 Å². The molecule has 1 N–H and O–H groups in total. The first kappa shape index (κ1) is 13.4. The average molecular weight is 337 g/mol. The second-order valence-corrected chi connectivity index (χ2v) is 6.66. The van der Waals surface area contributed by atoms with E-state index in [0.29, 0.717) is 11.7 Å². The van der Waals surface area contributed by atoms with Crippen LogP contribution >= 0.6 is 11.3 Å². The van der Waals surface area contributed by atoms with Crippen molar-refractivity contribution in [1.29, 1.82) is 0 Å². The number of hydrogen-bond acceptors (Lipinski definition) is 7. The number of aryl methyl sites for hydroxylation is 2. The van der Waals surface area contributed by atoms with E-state index in [-0.39, 0.29) is 0 Å². The van der Waals surface area contributed by atoms with Crippen molar-refractivity contribution in [2.45, 2.75) is 13.8 Å².